The molecule has 1 aromatic heterocycles. The molecule has 0 aliphatic carbocycles. The molecule has 1 aromatic carbocycles. The molecule has 0 aliphatic rings. The van der Waals surface area contributed by atoms with Gasteiger partial charge in [-0.1, -0.05) is 11.2 Å². The van der Waals surface area contributed by atoms with Gasteiger partial charge in [-0.2, -0.15) is 4.98 Å². The molecular weight excluding hydrogens is 298 g/mol. The summed E-state index contributed by atoms with van der Waals surface area (Å²) in [5.74, 6) is 1.96. The van der Waals surface area contributed by atoms with Crippen molar-refractivity contribution >= 4 is 5.91 Å². The number of carbonyl (C=O) groups excluding carboxylic acids is 1. The van der Waals surface area contributed by atoms with Gasteiger partial charge in [0.05, 0.1) is 14.2 Å². The second kappa shape index (κ2) is 7.98. The van der Waals surface area contributed by atoms with Crippen LogP contribution in [0.4, 0.5) is 0 Å². The van der Waals surface area contributed by atoms with Crippen LogP contribution in [0.5, 0.6) is 11.5 Å². The number of benzene rings is 1. The molecule has 0 bridgehead atoms. The van der Waals surface area contributed by atoms with Gasteiger partial charge in [-0.05, 0) is 18.2 Å². The third-order valence-electron chi connectivity index (χ3n) is 3.12. The molecular formula is C16H19N3O4. The fourth-order valence-corrected chi connectivity index (χ4v) is 1.94. The zero-order chi connectivity index (χ0) is 16.7. The van der Waals surface area contributed by atoms with E-state index in [0.717, 1.165) is 5.56 Å². The van der Waals surface area contributed by atoms with Gasteiger partial charge in [0, 0.05) is 24.9 Å². The molecule has 1 N–H and O–H groups in total. The van der Waals surface area contributed by atoms with E-state index in [2.05, 4.69) is 22.0 Å². The number of rotatable bonds is 8. The summed E-state index contributed by atoms with van der Waals surface area (Å²) in [6, 6.07) is 5.35. The zero-order valence-electron chi connectivity index (χ0n) is 13.2. The maximum atomic E-state index is 11.5. The average molecular weight is 317 g/mol. The number of hydrogen-bond donors (Lipinski definition) is 1. The standard InChI is InChI=1S/C16H19N3O4/c1-4-9-17-14(20)7-8-15-18-16(19-23-15)11-5-6-12(21-2)13(10-11)22-3/h4-6,10H,1,7-9H2,2-3H3,(H,17,20). The maximum Gasteiger partial charge on any atom is 0.227 e. The van der Waals surface area contributed by atoms with Crippen molar-refractivity contribution in [1.82, 2.24) is 15.5 Å². The van der Waals surface area contributed by atoms with Crippen molar-refractivity contribution in [3.63, 3.8) is 0 Å². The summed E-state index contributed by atoms with van der Waals surface area (Å²) >= 11 is 0. The van der Waals surface area contributed by atoms with Crippen molar-refractivity contribution in [2.75, 3.05) is 20.8 Å². The Morgan fingerprint density at radius 3 is 2.83 bits per heavy atom. The van der Waals surface area contributed by atoms with Crippen LogP contribution in [0.15, 0.2) is 35.4 Å². The first-order chi connectivity index (χ1) is 11.2. The number of ether oxygens (including phenoxy) is 2. The highest BCUT2D eigenvalue weighted by Gasteiger charge is 2.13. The quantitative estimate of drug-likeness (QED) is 0.749. The average Bonchev–Trinajstić information content (AvgIpc) is 3.06. The van der Waals surface area contributed by atoms with Crippen LogP contribution in [0.3, 0.4) is 0 Å². The van der Waals surface area contributed by atoms with Crippen LogP contribution in [-0.4, -0.2) is 36.8 Å². The summed E-state index contributed by atoms with van der Waals surface area (Å²) in [4.78, 5) is 15.8. The Kier molecular flexibility index (Phi) is 5.74. The van der Waals surface area contributed by atoms with Gasteiger partial charge in [0.1, 0.15) is 0 Å². The lowest BCUT2D eigenvalue weighted by atomic mass is 10.2. The summed E-state index contributed by atoms with van der Waals surface area (Å²) in [6.45, 7) is 3.98. The highest BCUT2D eigenvalue weighted by atomic mass is 16.5. The Morgan fingerprint density at radius 2 is 2.13 bits per heavy atom. The number of nitrogens with one attached hydrogen (secondary N) is 1. The highest BCUT2D eigenvalue weighted by molar-refractivity contribution is 5.76. The van der Waals surface area contributed by atoms with Gasteiger partial charge >= 0.3 is 0 Å². The van der Waals surface area contributed by atoms with E-state index < -0.39 is 0 Å². The third kappa shape index (κ3) is 4.32. The van der Waals surface area contributed by atoms with Gasteiger partial charge in [0.25, 0.3) is 0 Å². The zero-order valence-corrected chi connectivity index (χ0v) is 13.2. The smallest absolute Gasteiger partial charge is 0.227 e. The van der Waals surface area contributed by atoms with E-state index in [1.54, 1.807) is 32.4 Å². The minimum atomic E-state index is -0.0873. The minimum Gasteiger partial charge on any atom is -0.493 e. The molecule has 1 amide bonds. The van der Waals surface area contributed by atoms with Crippen LogP contribution >= 0.6 is 0 Å². The molecule has 0 saturated carbocycles. The molecule has 0 radical (unpaired) electrons. The van der Waals surface area contributed by atoms with Crippen LogP contribution < -0.4 is 14.8 Å². The molecule has 0 atom stereocenters. The molecule has 0 aliphatic heterocycles. The first-order valence-corrected chi connectivity index (χ1v) is 7.10. The normalized spacial score (nSPS) is 10.2. The summed E-state index contributed by atoms with van der Waals surface area (Å²) in [6.07, 6.45) is 2.28. The predicted molar refractivity (Wildman–Crippen MR) is 84.4 cm³/mol. The summed E-state index contributed by atoms with van der Waals surface area (Å²) in [5.41, 5.74) is 0.744. The van der Waals surface area contributed by atoms with E-state index >= 15 is 0 Å². The number of aromatic nitrogens is 2. The number of amides is 1. The van der Waals surface area contributed by atoms with E-state index in [4.69, 9.17) is 14.0 Å². The van der Waals surface area contributed by atoms with Crippen LogP contribution in [-0.2, 0) is 11.2 Å². The van der Waals surface area contributed by atoms with Crippen molar-refractivity contribution in [2.24, 2.45) is 0 Å². The van der Waals surface area contributed by atoms with E-state index in [1.807, 2.05) is 6.07 Å². The molecule has 23 heavy (non-hydrogen) atoms. The van der Waals surface area contributed by atoms with Crippen molar-refractivity contribution in [3.8, 4) is 22.9 Å². The van der Waals surface area contributed by atoms with Crippen molar-refractivity contribution < 1.29 is 18.8 Å². The first-order valence-electron chi connectivity index (χ1n) is 7.10. The Hall–Kier alpha value is -2.83. The lowest BCUT2D eigenvalue weighted by Gasteiger charge is -2.07. The van der Waals surface area contributed by atoms with Gasteiger partial charge < -0.3 is 19.3 Å². The molecule has 2 aromatic rings. The fraction of sp³-hybridized carbons (Fsp3) is 0.312. The van der Waals surface area contributed by atoms with Gasteiger partial charge in [0.15, 0.2) is 11.5 Å². The Morgan fingerprint density at radius 1 is 1.35 bits per heavy atom. The molecule has 7 heteroatoms. The highest BCUT2D eigenvalue weighted by Crippen LogP contribution is 2.31. The monoisotopic (exact) mass is 317 g/mol. The number of carbonyl (C=O) groups is 1. The largest absolute Gasteiger partial charge is 0.493 e. The number of hydrogen-bond acceptors (Lipinski definition) is 6. The van der Waals surface area contributed by atoms with Crippen LogP contribution in [0.25, 0.3) is 11.4 Å². The van der Waals surface area contributed by atoms with Crippen molar-refractivity contribution in [1.29, 1.82) is 0 Å². The van der Waals surface area contributed by atoms with Gasteiger partial charge in [0.2, 0.25) is 17.6 Å². The SMILES string of the molecule is C=CCNC(=O)CCc1nc(-c2ccc(OC)c(OC)c2)no1. The third-order valence-corrected chi connectivity index (χ3v) is 3.12. The van der Waals surface area contributed by atoms with Crippen LogP contribution in [0.2, 0.25) is 0 Å². The first kappa shape index (κ1) is 16.5. The Bertz CT molecular complexity index is 682. The molecule has 0 saturated heterocycles. The van der Waals surface area contributed by atoms with E-state index in [0.29, 0.717) is 36.2 Å². The number of aryl methyl sites for hydroxylation is 1. The fourth-order valence-electron chi connectivity index (χ4n) is 1.94. The van der Waals surface area contributed by atoms with Gasteiger partial charge in [-0.15, -0.1) is 6.58 Å². The molecule has 0 spiro atoms. The van der Waals surface area contributed by atoms with Gasteiger partial charge in [-0.3, -0.25) is 4.79 Å². The molecule has 7 nitrogen and oxygen atoms in total. The number of methoxy groups -OCH3 is 2. The topological polar surface area (TPSA) is 86.5 Å². The molecule has 0 fully saturated rings. The predicted octanol–water partition coefficient (Wildman–Crippen LogP) is 1.99. The van der Waals surface area contributed by atoms with Gasteiger partial charge in [-0.25, -0.2) is 0 Å². The lowest BCUT2D eigenvalue weighted by Crippen LogP contribution is -2.23. The number of nitrogens with zero attached hydrogens (tertiary/aromatic N) is 2. The van der Waals surface area contributed by atoms with E-state index in [9.17, 15) is 4.79 Å². The minimum absolute atomic E-state index is 0.0873. The van der Waals surface area contributed by atoms with E-state index in [-0.39, 0.29) is 12.3 Å². The van der Waals surface area contributed by atoms with Crippen LogP contribution in [0.1, 0.15) is 12.3 Å². The molecule has 0 unspecified atom stereocenters. The maximum absolute atomic E-state index is 11.5. The molecule has 1 heterocycles. The van der Waals surface area contributed by atoms with Crippen LogP contribution in [0, 0.1) is 0 Å². The second-order valence-electron chi connectivity index (χ2n) is 4.67. The molecule has 2 rings (SSSR count). The van der Waals surface area contributed by atoms with Crippen molar-refractivity contribution in [3.05, 3.63) is 36.7 Å². The summed E-state index contributed by atoms with van der Waals surface area (Å²) < 4.78 is 15.6. The Balaban J connectivity index is 2.04. The van der Waals surface area contributed by atoms with E-state index in [1.165, 1.54) is 0 Å². The summed E-state index contributed by atoms with van der Waals surface area (Å²) in [5, 5.41) is 6.62. The summed E-state index contributed by atoms with van der Waals surface area (Å²) in [7, 11) is 3.13. The molecule has 122 valence electrons. The lowest BCUT2D eigenvalue weighted by molar-refractivity contribution is -0.120. The van der Waals surface area contributed by atoms with Crippen molar-refractivity contribution in [2.45, 2.75) is 12.8 Å². The Labute approximate surface area is 134 Å². The second-order valence-corrected chi connectivity index (χ2v) is 4.67.